The Labute approximate surface area is 94.0 Å². The van der Waals surface area contributed by atoms with Crippen molar-refractivity contribution in [3.8, 4) is 0 Å². The van der Waals surface area contributed by atoms with Crippen LogP contribution in [0.5, 0.6) is 0 Å². The highest BCUT2D eigenvalue weighted by Gasteiger charge is 2.39. The molecule has 15 heavy (non-hydrogen) atoms. The van der Waals surface area contributed by atoms with Gasteiger partial charge in [0.15, 0.2) is 0 Å². The Kier molecular flexibility index (Phi) is 4.16. The van der Waals surface area contributed by atoms with Gasteiger partial charge in [-0.2, -0.15) is 13.2 Å². The van der Waals surface area contributed by atoms with Crippen LogP contribution in [0, 0.1) is 0 Å². The second-order valence-corrected chi connectivity index (χ2v) is 4.07. The lowest BCUT2D eigenvalue weighted by molar-refractivity contribution is -0.153. The smallest absolute Gasteiger partial charge is 0.395 e. The molecule has 0 heterocycles. The molecular weight excluding hydrogens is 273 g/mol. The first-order chi connectivity index (χ1) is 6.95. The minimum atomic E-state index is -4.31. The van der Waals surface area contributed by atoms with Crippen LogP contribution in [0.1, 0.15) is 17.9 Å². The Morgan fingerprint density at radius 2 is 1.73 bits per heavy atom. The normalized spacial score (nSPS) is 13.9. The molecule has 0 bridgehead atoms. The van der Waals surface area contributed by atoms with Crippen LogP contribution < -0.4 is 0 Å². The van der Waals surface area contributed by atoms with Gasteiger partial charge in [-0.1, -0.05) is 28.1 Å². The van der Waals surface area contributed by atoms with E-state index in [1.54, 1.807) is 12.1 Å². The van der Waals surface area contributed by atoms with Crippen molar-refractivity contribution >= 4 is 15.9 Å². The number of aliphatic hydroxyl groups is 1. The van der Waals surface area contributed by atoms with Gasteiger partial charge in [-0.3, -0.25) is 0 Å². The fourth-order valence-electron chi connectivity index (χ4n) is 1.34. The number of benzene rings is 1. The van der Waals surface area contributed by atoms with Gasteiger partial charge in [-0.05, 0) is 24.1 Å². The van der Waals surface area contributed by atoms with Gasteiger partial charge in [0.25, 0.3) is 0 Å². The van der Waals surface area contributed by atoms with Crippen molar-refractivity contribution in [3.05, 3.63) is 34.3 Å². The quantitative estimate of drug-likeness (QED) is 0.900. The lowest BCUT2D eigenvalue weighted by Gasteiger charge is -2.19. The number of alkyl halides is 3. The highest BCUT2D eigenvalue weighted by molar-refractivity contribution is 9.10. The Bertz CT molecular complexity index is 307. The van der Waals surface area contributed by atoms with Crippen LogP contribution in [0.25, 0.3) is 0 Å². The molecule has 0 amide bonds. The molecule has 1 N–H and O–H groups in total. The molecule has 1 atom stereocenters. The molecule has 0 aliphatic heterocycles. The Hall–Kier alpha value is -0.550. The van der Waals surface area contributed by atoms with Gasteiger partial charge in [-0.25, -0.2) is 0 Å². The number of hydrogen-bond acceptors (Lipinski definition) is 1. The van der Waals surface area contributed by atoms with Gasteiger partial charge in [-0.15, -0.1) is 0 Å². The van der Waals surface area contributed by atoms with Crippen molar-refractivity contribution in [1.29, 1.82) is 0 Å². The van der Waals surface area contributed by atoms with Crippen LogP contribution >= 0.6 is 15.9 Å². The molecule has 1 rings (SSSR count). The van der Waals surface area contributed by atoms with Gasteiger partial charge in [0.1, 0.15) is 0 Å². The second kappa shape index (κ2) is 4.99. The summed E-state index contributed by atoms with van der Waals surface area (Å²) in [6.07, 6.45) is -4.61. The molecule has 0 aliphatic carbocycles. The highest BCUT2D eigenvalue weighted by Crippen LogP contribution is 2.37. The molecule has 0 radical (unpaired) electrons. The maximum absolute atomic E-state index is 12.6. The van der Waals surface area contributed by atoms with E-state index in [0.29, 0.717) is 0 Å². The first kappa shape index (κ1) is 12.5. The second-order valence-electron chi connectivity index (χ2n) is 3.16. The topological polar surface area (TPSA) is 20.2 Å². The van der Waals surface area contributed by atoms with Crippen molar-refractivity contribution in [2.24, 2.45) is 0 Å². The van der Waals surface area contributed by atoms with E-state index in [1.807, 2.05) is 0 Å². The summed E-state index contributed by atoms with van der Waals surface area (Å²) < 4.78 is 38.4. The van der Waals surface area contributed by atoms with E-state index < -0.39 is 18.7 Å². The average molecular weight is 283 g/mol. The fourth-order valence-corrected chi connectivity index (χ4v) is 1.61. The molecule has 1 aromatic rings. The Morgan fingerprint density at radius 3 is 2.13 bits per heavy atom. The number of aliphatic hydroxyl groups excluding tert-OH is 1. The molecular formula is C10H10BrF3O. The molecule has 1 unspecified atom stereocenters. The molecule has 0 aliphatic rings. The van der Waals surface area contributed by atoms with Crippen molar-refractivity contribution in [2.75, 3.05) is 6.61 Å². The summed E-state index contributed by atoms with van der Waals surface area (Å²) in [5, 5.41) is 8.61. The molecule has 84 valence electrons. The molecule has 0 saturated carbocycles. The number of hydrogen-bond donors (Lipinski definition) is 1. The van der Waals surface area contributed by atoms with E-state index in [9.17, 15) is 13.2 Å². The predicted molar refractivity (Wildman–Crippen MR) is 54.6 cm³/mol. The third kappa shape index (κ3) is 3.50. The molecule has 1 nitrogen and oxygen atoms in total. The zero-order valence-corrected chi connectivity index (χ0v) is 9.35. The van der Waals surface area contributed by atoms with Gasteiger partial charge in [0.05, 0.1) is 5.92 Å². The minimum Gasteiger partial charge on any atom is -0.396 e. The third-order valence-electron chi connectivity index (χ3n) is 2.09. The third-order valence-corrected chi connectivity index (χ3v) is 2.61. The van der Waals surface area contributed by atoms with Crippen molar-refractivity contribution in [1.82, 2.24) is 0 Å². The Morgan fingerprint density at radius 1 is 1.20 bits per heavy atom. The molecule has 0 fully saturated rings. The maximum atomic E-state index is 12.6. The van der Waals surface area contributed by atoms with E-state index in [2.05, 4.69) is 15.9 Å². The molecule has 0 spiro atoms. The van der Waals surface area contributed by atoms with Crippen LogP contribution in [-0.2, 0) is 0 Å². The van der Waals surface area contributed by atoms with E-state index in [-0.39, 0.29) is 12.0 Å². The summed E-state index contributed by atoms with van der Waals surface area (Å²) >= 11 is 3.15. The monoisotopic (exact) mass is 282 g/mol. The maximum Gasteiger partial charge on any atom is 0.395 e. The summed E-state index contributed by atoms with van der Waals surface area (Å²) in [5.74, 6) is -1.59. The summed E-state index contributed by atoms with van der Waals surface area (Å²) in [5.41, 5.74) is 0.180. The van der Waals surface area contributed by atoms with E-state index in [0.717, 1.165) is 4.47 Å². The van der Waals surface area contributed by atoms with Crippen molar-refractivity contribution in [3.63, 3.8) is 0 Å². The lowest BCUT2D eigenvalue weighted by Crippen LogP contribution is -2.21. The summed E-state index contributed by atoms with van der Waals surface area (Å²) in [7, 11) is 0. The van der Waals surface area contributed by atoms with Gasteiger partial charge >= 0.3 is 6.18 Å². The summed E-state index contributed by atoms with van der Waals surface area (Å²) in [4.78, 5) is 0. The van der Waals surface area contributed by atoms with Crippen LogP contribution in [0.3, 0.4) is 0 Å². The minimum absolute atomic E-state index is 0.180. The van der Waals surface area contributed by atoms with Gasteiger partial charge in [0, 0.05) is 11.1 Å². The first-order valence-corrected chi connectivity index (χ1v) is 5.17. The molecule has 5 heteroatoms. The van der Waals surface area contributed by atoms with Gasteiger partial charge < -0.3 is 5.11 Å². The zero-order valence-electron chi connectivity index (χ0n) is 7.76. The number of halogens is 4. The lowest BCUT2D eigenvalue weighted by atomic mass is 9.96. The highest BCUT2D eigenvalue weighted by atomic mass is 79.9. The van der Waals surface area contributed by atoms with Crippen LogP contribution in [0.4, 0.5) is 13.2 Å². The van der Waals surface area contributed by atoms with E-state index in [1.165, 1.54) is 12.1 Å². The van der Waals surface area contributed by atoms with Crippen LogP contribution in [0.2, 0.25) is 0 Å². The largest absolute Gasteiger partial charge is 0.396 e. The SMILES string of the molecule is OCCC(c1ccc(Br)cc1)C(F)(F)F. The van der Waals surface area contributed by atoms with E-state index >= 15 is 0 Å². The number of rotatable bonds is 3. The molecule has 0 aromatic heterocycles. The van der Waals surface area contributed by atoms with Crippen LogP contribution in [-0.4, -0.2) is 17.9 Å². The summed E-state index contributed by atoms with van der Waals surface area (Å²) in [6, 6.07) is 5.95. The van der Waals surface area contributed by atoms with Crippen molar-refractivity contribution in [2.45, 2.75) is 18.5 Å². The van der Waals surface area contributed by atoms with Crippen LogP contribution in [0.15, 0.2) is 28.7 Å². The average Bonchev–Trinajstić information content (AvgIpc) is 2.14. The Balaban J connectivity index is 2.94. The van der Waals surface area contributed by atoms with Crippen molar-refractivity contribution < 1.29 is 18.3 Å². The van der Waals surface area contributed by atoms with E-state index in [4.69, 9.17) is 5.11 Å². The standard InChI is InChI=1S/C10H10BrF3O/c11-8-3-1-7(2-4-8)9(5-6-15)10(12,13)14/h1-4,9,15H,5-6H2. The zero-order chi connectivity index (χ0) is 11.5. The molecule has 1 aromatic carbocycles. The first-order valence-electron chi connectivity index (χ1n) is 4.38. The fraction of sp³-hybridized carbons (Fsp3) is 0.400. The summed E-state index contributed by atoms with van der Waals surface area (Å²) in [6.45, 7) is -0.472. The predicted octanol–water partition coefficient (Wildman–Crippen LogP) is 3.48. The van der Waals surface area contributed by atoms with Gasteiger partial charge in [0.2, 0.25) is 0 Å². The molecule has 0 saturated heterocycles.